The molecule has 0 radical (unpaired) electrons. The first-order chi connectivity index (χ1) is 14.1. The number of ether oxygens (including phenoxy) is 1. The minimum atomic E-state index is -4.43. The lowest BCUT2D eigenvalue weighted by Gasteiger charge is -2.09. The highest BCUT2D eigenvalue weighted by Crippen LogP contribution is 2.30. The zero-order valence-corrected chi connectivity index (χ0v) is 17.5. The van der Waals surface area contributed by atoms with Crippen LogP contribution in [0.1, 0.15) is 27.8 Å². The van der Waals surface area contributed by atoms with Crippen LogP contribution < -0.4 is 10.4 Å². The Morgan fingerprint density at radius 2 is 2.03 bits per heavy atom. The highest BCUT2D eigenvalue weighted by Gasteiger charge is 2.30. The maximum atomic E-state index is 12.9. The Balaban J connectivity index is 1.84. The van der Waals surface area contributed by atoms with Gasteiger partial charge in [-0.05, 0) is 37.6 Å². The molecule has 30 heavy (non-hydrogen) atoms. The fraction of sp³-hybridized carbons (Fsp3) is 0.316. The molecule has 0 fully saturated rings. The van der Waals surface area contributed by atoms with E-state index in [9.17, 15) is 18.0 Å². The number of alkyl halides is 3. The second-order valence-electron chi connectivity index (χ2n) is 6.42. The summed E-state index contributed by atoms with van der Waals surface area (Å²) in [4.78, 5) is 19.4. The Kier molecular flexibility index (Phi) is 6.01. The molecule has 7 nitrogen and oxygen atoms in total. The molecule has 0 N–H and O–H groups in total. The van der Waals surface area contributed by atoms with Crippen LogP contribution in [0, 0.1) is 6.92 Å². The molecule has 11 heteroatoms. The van der Waals surface area contributed by atoms with Crippen LogP contribution >= 0.6 is 11.3 Å². The summed E-state index contributed by atoms with van der Waals surface area (Å²) in [6.07, 6.45) is -4.43. The molecule has 0 aliphatic carbocycles. The summed E-state index contributed by atoms with van der Waals surface area (Å²) in [5, 5.41) is 7.96. The fourth-order valence-electron chi connectivity index (χ4n) is 2.78. The van der Waals surface area contributed by atoms with E-state index in [1.165, 1.54) is 42.2 Å². The second kappa shape index (κ2) is 8.34. The molecular weight excluding hydrogens is 421 g/mol. The third kappa shape index (κ3) is 4.40. The zero-order chi connectivity index (χ0) is 22.1. The number of nitrogens with zero attached hydrogens (tertiary/aromatic N) is 4. The lowest BCUT2D eigenvalue weighted by molar-refractivity contribution is -0.137. The van der Waals surface area contributed by atoms with Crippen LogP contribution in [0.25, 0.3) is 5.69 Å². The van der Waals surface area contributed by atoms with Crippen LogP contribution in [-0.2, 0) is 24.7 Å². The number of aromatic nitrogens is 3. The average Bonchev–Trinajstić information content (AvgIpc) is 3.19. The first kappa shape index (κ1) is 21.6. The van der Waals surface area contributed by atoms with Gasteiger partial charge in [0.15, 0.2) is 6.61 Å². The number of rotatable bonds is 6. The number of methoxy groups -OCH3 is 1. The van der Waals surface area contributed by atoms with Crippen molar-refractivity contribution in [3.05, 3.63) is 61.7 Å². The summed E-state index contributed by atoms with van der Waals surface area (Å²) < 4.78 is 46.3. The van der Waals surface area contributed by atoms with Gasteiger partial charge in [0, 0.05) is 11.9 Å². The van der Waals surface area contributed by atoms with Crippen LogP contribution in [-0.4, -0.2) is 27.2 Å². The van der Waals surface area contributed by atoms with Crippen molar-refractivity contribution in [1.29, 1.82) is 0 Å². The smallest absolute Gasteiger partial charge is 0.416 e. The van der Waals surface area contributed by atoms with Crippen LogP contribution in [0.15, 0.2) is 40.3 Å². The molecule has 0 saturated carbocycles. The standard InChI is InChI=1S/C19H19F3N4O3S/c1-11-8-15(26-17(28-4)23-25(3)18(26)27)16(30-11)10-29-24-12(2)13-6-5-7-14(9-13)19(20,21)22/h5-9H,10H2,1-4H3. The predicted octanol–water partition coefficient (Wildman–Crippen LogP) is 3.91. The van der Waals surface area contributed by atoms with Crippen molar-refractivity contribution < 1.29 is 22.7 Å². The number of benzene rings is 1. The molecule has 160 valence electrons. The van der Waals surface area contributed by atoms with Gasteiger partial charge in [0.1, 0.15) is 0 Å². The monoisotopic (exact) mass is 440 g/mol. The lowest BCUT2D eigenvalue weighted by Crippen LogP contribution is -2.22. The highest BCUT2D eigenvalue weighted by atomic mass is 32.1. The van der Waals surface area contributed by atoms with Crippen molar-refractivity contribution in [1.82, 2.24) is 14.3 Å². The lowest BCUT2D eigenvalue weighted by atomic mass is 10.1. The molecule has 0 saturated heterocycles. The van der Waals surface area contributed by atoms with Crippen LogP contribution in [0.2, 0.25) is 0 Å². The number of hydrogen-bond donors (Lipinski definition) is 0. The van der Waals surface area contributed by atoms with Crippen LogP contribution in [0.3, 0.4) is 0 Å². The Morgan fingerprint density at radius 3 is 2.70 bits per heavy atom. The molecule has 0 aliphatic heterocycles. The first-order valence-corrected chi connectivity index (χ1v) is 9.57. The van der Waals surface area contributed by atoms with Crippen molar-refractivity contribution in [2.75, 3.05) is 7.11 Å². The molecule has 3 rings (SSSR count). The van der Waals surface area contributed by atoms with Gasteiger partial charge in [0.05, 0.1) is 28.9 Å². The van der Waals surface area contributed by atoms with Gasteiger partial charge in [0.2, 0.25) is 0 Å². The van der Waals surface area contributed by atoms with Gasteiger partial charge in [-0.25, -0.2) is 14.0 Å². The molecule has 0 spiro atoms. The third-order valence-electron chi connectivity index (χ3n) is 4.23. The van der Waals surface area contributed by atoms with Crippen molar-refractivity contribution in [2.24, 2.45) is 12.2 Å². The van der Waals surface area contributed by atoms with E-state index in [0.717, 1.165) is 21.7 Å². The van der Waals surface area contributed by atoms with Gasteiger partial charge < -0.3 is 9.57 Å². The number of hydrogen-bond acceptors (Lipinski definition) is 6. The summed E-state index contributed by atoms with van der Waals surface area (Å²) in [5.74, 6) is 0. The summed E-state index contributed by atoms with van der Waals surface area (Å²) in [6.45, 7) is 3.46. The van der Waals surface area contributed by atoms with E-state index in [1.807, 2.05) is 6.92 Å². The molecule has 0 amide bonds. The molecular formula is C19H19F3N4O3S. The van der Waals surface area contributed by atoms with Crippen molar-refractivity contribution in [3.63, 3.8) is 0 Å². The van der Waals surface area contributed by atoms with Crippen molar-refractivity contribution in [2.45, 2.75) is 26.6 Å². The van der Waals surface area contributed by atoms with Gasteiger partial charge >= 0.3 is 17.9 Å². The van der Waals surface area contributed by atoms with E-state index >= 15 is 0 Å². The Labute approximate surface area is 174 Å². The maximum absolute atomic E-state index is 12.9. The molecule has 2 aromatic heterocycles. The normalized spacial score (nSPS) is 12.3. The third-order valence-corrected chi connectivity index (χ3v) is 5.25. The highest BCUT2D eigenvalue weighted by molar-refractivity contribution is 7.12. The van der Waals surface area contributed by atoms with Crippen molar-refractivity contribution in [3.8, 4) is 11.7 Å². The Bertz CT molecular complexity index is 1140. The van der Waals surface area contributed by atoms with E-state index in [2.05, 4.69) is 10.3 Å². The molecule has 0 unspecified atom stereocenters. The van der Waals surface area contributed by atoms with Gasteiger partial charge in [-0.2, -0.15) is 13.2 Å². The summed E-state index contributed by atoms with van der Waals surface area (Å²) >= 11 is 1.40. The topological polar surface area (TPSA) is 70.6 Å². The van der Waals surface area contributed by atoms with Crippen molar-refractivity contribution >= 4 is 17.0 Å². The molecule has 0 aliphatic rings. The molecule has 0 bridgehead atoms. The number of oxime groups is 1. The fourth-order valence-corrected chi connectivity index (χ4v) is 3.71. The van der Waals surface area contributed by atoms with Gasteiger partial charge in [-0.3, -0.25) is 0 Å². The average molecular weight is 440 g/mol. The van der Waals surface area contributed by atoms with E-state index in [-0.39, 0.29) is 18.3 Å². The van der Waals surface area contributed by atoms with E-state index in [4.69, 9.17) is 9.57 Å². The van der Waals surface area contributed by atoms with Crippen LogP contribution in [0.5, 0.6) is 6.01 Å². The molecule has 1 aromatic carbocycles. The maximum Gasteiger partial charge on any atom is 0.416 e. The molecule has 3 aromatic rings. The first-order valence-electron chi connectivity index (χ1n) is 8.75. The number of halogens is 3. The number of aryl methyl sites for hydroxylation is 2. The van der Waals surface area contributed by atoms with Crippen LogP contribution in [0.4, 0.5) is 13.2 Å². The molecule has 0 atom stereocenters. The summed E-state index contributed by atoms with van der Waals surface area (Å²) in [5.41, 5.74) is 0.0206. The van der Waals surface area contributed by atoms with E-state index in [0.29, 0.717) is 21.8 Å². The minimum Gasteiger partial charge on any atom is -0.467 e. The second-order valence-corrected chi connectivity index (χ2v) is 7.76. The van der Waals surface area contributed by atoms with E-state index < -0.39 is 11.7 Å². The SMILES string of the molecule is COc1nn(C)c(=O)n1-c1cc(C)sc1CON=C(C)c1cccc(C(F)(F)F)c1. The Morgan fingerprint density at radius 1 is 1.30 bits per heavy atom. The Hall–Kier alpha value is -3.08. The summed E-state index contributed by atoms with van der Waals surface area (Å²) in [6, 6.07) is 6.79. The largest absolute Gasteiger partial charge is 0.467 e. The predicted molar refractivity (Wildman–Crippen MR) is 106 cm³/mol. The summed E-state index contributed by atoms with van der Waals surface area (Å²) in [7, 11) is 2.93. The van der Waals surface area contributed by atoms with Gasteiger partial charge in [0.25, 0.3) is 0 Å². The molecule has 2 heterocycles. The quantitative estimate of drug-likeness (QED) is 0.431. The van der Waals surface area contributed by atoms with E-state index in [1.54, 1.807) is 13.0 Å². The zero-order valence-electron chi connectivity index (χ0n) is 16.6. The minimum absolute atomic E-state index is 0.0225. The van der Waals surface area contributed by atoms with Gasteiger partial charge in [-0.15, -0.1) is 16.4 Å². The number of thiophene rings is 1. The van der Waals surface area contributed by atoms with Gasteiger partial charge in [-0.1, -0.05) is 17.3 Å².